The molecule has 108 valence electrons. The van der Waals surface area contributed by atoms with Crippen molar-refractivity contribution >= 4 is 23.3 Å². The molecule has 0 saturated carbocycles. The van der Waals surface area contributed by atoms with Gasteiger partial charge in [-0.2, -0.15) is 0 Å². The smallest absolute Gasteiger partial charge is 0.303 e. The molecule has 1 fully saturated rings. The van der Waals surface area contributed by atoms with Gasteiger partial charge in [-0.05, 0) is 31.0 Å². The van der Waals surface area contributed by atoms with Crippen LogP contribution in [0.3, 0.4) is 0 Å². The Balaban J connectivity index is 2.05. The maximum absolute atomic E-state index is 11.0. The lowest BCUT2D eigenvalue weighted by atomic mass is 10.1. The van der Waals surface area contributed by atoms with Crippen molar-refractivity contribution in [1.29, 1.82) is 0 Å². The Morgan fingerprint density at radius 3 is 2.95 bits per heavy atom. The number of carboxylic acids is 1. The number of halogens is 1. The number of rotatable bonds is 5. The first kappa shape index (κ1) is 14.7. The maximum Gasteiger partial charge on any atom is 0.303 e. The lowest BCUT2D eigenvalue weighted by molar-refractivity contribution is -0.385. The summed E-state index contributed by atoms with van der Waals surface area (Å²) >= 11 is 5.89. The van der Waals surface area contributed by atoms with E-state index < -0.39 is 10.9 Å². The summed E-state index contributed by atoms with van der Waals surface area (Å²) in [6.07, 6.45) is 0.953. The van der Waals surface area contributed by atoms with E-state index >= 15 is 0 Å². The van der Waals surface area contributed by atoms with Gasteiger partial charge in [-0.15, -0.1) is 0 Å². The first-order valence-electron chi connectivity index (χ1n) is 6.32. The maximum atomic E-state index is 11.0. The van der Waals surface area contributed by atoms with E-state index in [4.69, 9.17) is 16.7 Å². The van der Waals surface area contributed by atoms with E-state index in [0.717, 1.165) is 13.0 Å². The molecule has 0 aromatic heterocycles. The molecule has 0 spiro atoms. The van der Waals surface area contributed by atoms with Gasteiger partial charge in [0, 0.05) is 36.2 Å². The molecule has 1 aliphatic rings. The van der Waals surface area contributed by atoms with Crippen LogP contribution in [0.15, 0.2) is 18.2 Å². The van der Waals surface area contributed by atoms with Crippen molar-refractivity contribution in [2.24, 2.45) is 5.92 Å². The van der Waals surface area contributed by atoms with Crippen LogP contribution in [0.5, 0.6) is 0 Å². The largest absolute Gasteiger partial charge is 0.481 e. The summed E-state index contributed by atoms with van der Waals surface area (Å²) in [6, 6.07) is 4.51. The number of hydrogen-bond donors (Lipinski definition) is 1. The summed E-state index contributed by atoms with van der Waals surface area (Å²) in [5.74, 6) is -0.684. The standard InChI is InChI=1S/C13H15ClN2O4/c14-11-1-2-12(16(19)20)10(6-11)8-15-4-3-9(7-15)5-13(17)18/h1-2,6,9H,3-5,7-8H2,(H,17,18). The molecule has 0 aliphatic carbocycles. The normalized spacial score (nSPS) is 19.1. The molecule has 1 aromatic carbocycles. The molecule has 1 saturated heterocycles. The molecule has 20 heavy (non-hydrogen) atoms. The third kappa shape index (κ3) is 3.68. The number of carbonyl (C=O) groups is 1. The lowest BCUT2D eigenvalue weighted by Gasteiger charge is -2.15. The first-order valence-corrected chi connectivity index (χ1v) is 6.70. The molecule has 1 N–H and O–H groups in total. The third-order valence-corrected chi connectivity index (χ3v) is 3.70. The monoisotopic (exact) mass is 298 g/mol. The fraction of sp³-hybridized carbons (Fsp3) is 0.462. The minimum atomic E-state index is -0.800. The Hall–Kier alpha value is -1.66. The van der Waals surface area contributed by atoms with Crippen LogP contribution in [0.25, 0.3) is 0 Å². The van der Waals surface area contributed by atoms with Gasteiger partial charge < -0.3 is 5.11 Å². The molecule has 1 aromatic rings. The molecule has 1 unspecified atom stereocenters. The Kier molecular flexibility index (Phi) is 4.57. The topological polar surface area (TPSA) is 83.7 Å². The number of nitrogens with zero attached hydrogens (tertiary/aromatic N) is 2. The molecule has 0 bridgehead atoms. The minimum absolute atomic E-state index is 0.0519. The van der Waals surface area contributed by atoms with Crippen molar-refractivity contribution in [3.63, 3.8) is 0 Å². The zero-order valence-electron chi connectivity index (χ0n) is 10.8. The molecule has 1 heterocycles. The highest BCUT2D eigenvalue weighted by Gasteiger charge is 2.26. The van der Waals surface area contributed by atoms with E-state index in [-0.39, 0.29) is 18.0 Å². The van der Waals surface area contributed by atoms with Crippen molar-refractivity contribution in [3.05, 3.63) is 38.9 Å². The van der Waals surface area contributed by atoms with E-state index in [2.05, 4.69) is 0 Å². The molecule has 0 amide bonds. The number of aliphatic carboxylic acids is 1. The number of nitro benzene ring substituents is 1. The van der Waals surface area contributed by atoms with Gasteiger partial charge in [0.05, 0.1) is 4.92 Å². The summed E-state index contributed by atoms with van der Waals surface area (Å²) in [5.41, 5.74) is 0.620. The number of likely N-dealkylation sites (tertiary alicyclic amines) is 1. The second kappa shape index (κ2) is 6.19. The average molecular weight is 299 g/mol. The zero-order valence-corrected chi connectivity index (χ0v) is 11.5. The highest BCUT2D eigenvalue weighted by molar-refractivity contribution is 6.30. The summed E-state index contributed by atoms with van der Waals surface area (Å²) in [5, 5.41) is 20.2. The Morgan fingerprint density at radius 1 is 1.55 bits per heavy atom. The van der Waals surface area contributed by atoms with Crippen LogP contribution in [-0.2, 0) is 11.3 Å². The SMILES string of the molecule is O=C(O)CC1CCN(Cc2cc(Cl)ccc2[N+](=O)[O-])C1. The molecule has 1 aliphatic heterocycles. The van der Waals surface area contributed by atoms with Crippen LogP contribution in [0.1, 0.15) is 18.4 Å². The third-order valence-electron chi connectivity index (χ3n) is 3.47. The molecular formula is C13H15ClN2O4. The second-order valence-corrected chi connectivity index (χ2v) is 5.45. The number of benzene rings is 1. The fourth-order valence-electron chi connectivity index (χ4n) is 2.57. The van der Waals surface area contributed by atoms with Gasteiger partial charge in [-0.25, -0.2) is 0 Å². The van der Waals surface area contributed by atoms with E-state index in [1.807, 2.05) is 4.90 Å². The molecule has 1 atom stereocenters. The molecule has 0 radical (unpaired) electrons. The van der Waals surface area contributed by atoms with Crippen molar-refractivity contribution < 1.29 is 14.8 Å². The van der Waals surface area contributed by atoms with E-state index in [9.17, 15) is 14.9 Å². The van der Waals surface area contributed by atoms with Crippen molar-refractivity contribution in [3.8, 4) is 0 Å². The highest BCUT2D eigenvalue weighted by atomic mass is 35.5. The summed E-state index contributed by atoms with van der Waals surface area (Å²) in [4.78, 5) is 23.3. The van der Waals surface area contributed by atoms with Gasteiger partial charge in [0.25, 0.3) is 5.69 Å². The van der Waals surface area contributed by atoms with Crippen molar-refractivity contribution in [1.82, 2.24) is 4.90 Å². The summed E-state index contributed by atoms with van der Waals surface area (Å²) in [6.45, 7) is 1.82. The van der Waals surface area contributed by atoms with Crippen LogP contribution in [0.4, 0.5) is 5.69 Å². The molecule has 7 heteroatoms. The van der Waals surface area contributed by atoms with Gasteiger partial charge in [-0.1, -0.05) is 11.6 Å². The van der Waals surface area contributed by atoms with Crippen LogP contribution in [0.2, 0.25) is 5.02 Å². The molecule has 6 nitrogen and oxygen atoms in total. The number of hydrogen-bond acceptors (Lipinski definition) is 4. The lowest BCUT2D eigenvalue weighted by Crippen LogP contribution is -2.21. The van der Waals surface area contributed by atoms with E-state index in [1.165, 1.54) is 12.1 Å². The van der Waals surface area contributed by atoms with Crippen molar-refractivity contribution in [2.45, 2.75) is 19.4 Å². The summed E-state index contributed by atoms with van der Waals surface area (Å²) in [7, 11) is 0. The van der Waals surface area contributed by atoms with Crippen molar-refractivity contribution in [2.75, 3.05) is 13.1 Å². The van der Waals surface area contributed by atoms with Crippen LogP contribution < -0.4 is 0 Å². The zero-order chi connectivity index (χ0) is 14.7. The van der Waals surface area contributed by atoms with E-state index in [1.54, 1.807) is 6.07 Å². The van der Waals surface area contributed by atoms with E-state index in [0.29, 0.717) is 23.7 Å². The Bertz CT molecular complexity index is 535. The minimum Gasteiger partial charge on any atom is -0.481 e. The predicted molar refractivity (Wildman–Crippen MR) is 73.7 cm³/mol. The van der Waals surface area contributed by atoms with Gasteiger partial charge in [-0.3, -0.25) is 19.8 Å². The summed E-state index contributed by atoms with van der Waals surface area (Å²) < 4.78 is 0. The Morgan fingerprint density at radius 2 is 2.30 bits per heavy atom. The second-order valence-electron chi connectivity index (χ2n) is 5.02. The number of carboxylic acid groups (broad SMARTS) is 1. The average Bonchev–Trinajstić information content (AvgIpc) is 2.75. The van der Waals surface area contributed by atoms with Crippen LogP contribution >= 0.6 is 11.6 Å². The van der Waals surface area contributed by atoms with Gasteiger partial charge in [0.15, 0.2) is 0 Å². The predicted octanol–water partition coefficient (Wildman–Crippen LogP) is 2.54. The van der Waals surface area contributed by atoms with Crippen LogP contribution in [-0.4, -0.2) is 34.0 Å². The quantitative estimate of drug-likeness (QED) is 0.667. The fourth-order valence-corrected chi connectivity index (χ4v) is 2.76. The molecular weight excluding hydrogens is 284 g/mol. The molecule has 2 rings (SSSR count). The Labute approximate surface area is 121 Å². The van der Waals surface area contributed by atoms with Gasteiger partial charge in [0.2, 0.25) is 0 Å². The van der Waals surface area contributed by atoms with Crippen LogP contribution in [0, 0.1) is 16.0 Å². The van der Waals surface area contributed by atoms with Gasteiger partial charge in [0.1, 0.15) is 0 Å². The van der Waals surface area contributed by atoms with Gasteiger partial charge >= 0.3 is 5.97 Å². The highest BCUT2D eigenvalue weighted by Crippen LogP contribution is 2.27. The first-order chi connectivity index (χ1) is 9.45. The number of nitro groups is 1.